The monoisotopic (exact) mass is 465 g/mol. The summed E-state index contributed by atoms with van der Waals surface area (Å²) in [5, 5.41) is 3.86. The first-order chi connectivity index (χ1) is 14.2. The molecule has 0 aliphatic heterocycles. The van der Waals surface area contributed by atoms with Gasteiger partial charge in [-0.25, -0.2) is 4.98 Å². The molecule has 1 heterocycles. The van der Waals surface area contributed by atoms with Crippen molar-refractivity contribution in [2.24, 2.45) is 5.18 Å². The number of nitrogens with zero attached hydrogens (tertiary/aromatic N) is 4. The van der Waals surface area contributed by atoms with Gasteiger partial charge in [0.25, 0.3) is 0 Å². The van der Waals surface area contributed by atoms with Crippen molar-refractivity contribution in [2.45, 2.75) is 13.3 Å². The van der Waals surface area contributed by atoms with Gasteiger partial charge < -0.3 is 4.74 Å². The fourth-order valence-corrected chi connectivity index (χ4v) is 3.80. The van der Waals surface area contributed by atoms with Crippen molar-refractivity contribution < 1.29 is 4.74 Å². The van der Waals surface area contributed by atoms with Gasteiger partial charge in [-0.1, -0.05) is 46.9 Å². The Morgan fingerprint density at radius 3 is 2.27 bits per heavy atom. The minimum absolute atomic E-state index is 0.146. The molecule has 6 nitrogen and oxygen atoms in total. The Morgan fingerprint density at radius 1 is 1.03 bits per heavy atom. The third-order valence-electron chi connectivity index (χ3n) is 4.71. The Morgan fingerprint density at radius 2 is 1.67 bits per heavy atom. The smallest absolute Gasteiger partial charge is 0.249 e. The average molecular weight is 467 g/mol. The number of aromatic nitrogens is 2. The summed E-state index contributed by atoms with van der Waals surface area (Å²) in [5.41, 5.74) is 2.05. The fraction of sp³-hybridized carbons (Fsp3) is 0.238. The Hall–Kier alpha value is -2.25. The first-order valence-electron chi connectivity index (χ1n) is 9.11. The molecule has 0 unspecified atom stereocenters. The lowest BCUT2D eigenvalue weighted by Crippen LogP contribution is -2.43. The van der Waals surface area contributed by atoms with Gasteiger partial charge in [-0.15, -0.1) is 4.91 Å². The Balaban J connectivity index is 1.69. The number of nitroso groups, excluding NO2 is 1. The van der Waals surface area contributed by atoms with E-state index < -0.39 is 0 Å². The van der Waals surface area contributed by atoms with Gasteiger partial charge in [-0.2, -0.15) is 4.98 Å². The third-order valence-corrected chi connectivity index (χ3v) is 5.71. The van der Waals surface area contributed by atoms with Crippen LogP contribution in [0.2, 0.25) is 15.1 Å². The minimum atomic E-state index is 0.146. The highest BCUT2D eigenvalue weighted by atomic mass is 35.5. The second-order valence-electron chi connectivity index (χ2n) is 7.33. The molecule has 0 saturated carbocycles. The van der Waals surface area contributed by atoms with Crippen molar-refractivity contribution in [3.63, 3.8) is 0 Å². The highest BCUT2D eigenvalue weighted by Gasteiger charge is 2.25. The molecule has 3 aromatic rings. The van der Waals surface area contributed by atoms with E-state index in [1.54, 1.807) is 0 Å². The second kappa shape index (κ2) is 9.27. The molecule has 0 atom stereocenters. The van der Waals surface area contributed by atoms with Crippen molar-refractivity contribution >= 4 is 46.3 Å². The molecule has 0 N–H and O–H groups in total. The molecule has 0 aliphatic carbocycles. The molecule has 0 aliphatic rings. The van der Waals surface area contributed by atoms with Crippen LogP contribution in [-0.2, 0) is 6.42 Å². The zero-order chi connectivity index (χ0) is 21.9. The summed E-state index contributed by atoms with van der Waals surface area (Å²) in [6, 6.07) is 10.5. The molecule has 9 heteroatoms. The van der Waals surface area contributed by atoms with Gasteiger partial charge in [-0.05, 0) is 41.9 Å². The lowest BCUT2D eigenvalue weighted by molar-refractivity contribution is 0.392. The summed E-state index contributed by atoms with van der Waals surface area (Å²) in [6.45, 7) is 2.67. The van der Waals surface area contributed by atoms with Crippen LogP contribution in [0.25, 0.3) is 0 Å². The molecule has 2 aromatic carbocycles. The summed E-state index contributed by atoms with van der Waals surface area (Å²) >= 11 is 18.7. The lowest BCUT2D eigenvalue weighted by atomic mass is 10.1. The maximum absolute atomic E-state index is 10.7. The number of quaternary nitrogens is 1. The molecular weight excluding hydrogens is 447 g/mol. The number of hydrogen-bond donors (Lipinski definition) is 0. The molecule has 0 bridgehead atoms. The van der Waals surface area contributed by atoms with Crippen molar-refractivity contribution in [3.05, 3.63) is 74.0 Å². The zero-order valence-electron chi connectivity index (χ0n) is 16.7. The van der Waals surface area contributed by atoms with E-state index in [9.17, 15) is 4.91 Å². The number of rotatable bonds is 7. The van der Waals surface area contributed by atoms with E-state index in [0.717, 1.165) is 30.0 Å². The molecule has 3 rings (SSSR count). The van der Waals surface area contributed by atoms with Crippen LogP contribution >= 0.6 is 34.8 Å². The van der Waals surface area contributed by atoms with Gasteiger partial charge >= 0.3 is 0 Å². The van der Waals surface area contributed by atoms with Crippen molar-refractivity contribution in [3.8, 4) is 11.5 Å². The lowest BCUT2D eigenvalue weighted by Gasteiger charge is -2.28. The van der Waals surface area contributed by atoms with Gasteiger partial charge in [0.1, 0.15) is 22.8 Å². The van der Waals surface area contributed by atoms with Crippen LogP contribution in [0.15, 0.2) is 47.9 Å². The van der Waals surface area contributed by atoms with Crippen LogP contribution in [-0.4, -0.2) is 30.6 Å². The summed E-state index contributed by atoms with van der Waals surface area (Å²) in [4.78, 5) is 19.2. The zero-order valence-corrected chi connectivity index (χ0v) is 19.0. The average Bonchev–Trinajstić information content (AvgIpc) is 2.71. The van der Waals surface area contributed by atoms with Crippen molar-refractivity contribution in [2.75, 3.05) is 20.6 Å². The van der Waals surface area contributed by atoms with Crippen LogP contribution in [0.1, 0.15) is 11.3 Å². The van der Waals surface area contributed by atoms with Gasteiger partial charge in [0, 0.05) is 6.42 Å². The molecular formula is C21H20Cl3N4O2+. The van der Waals surface area contributed by atoms with Crippen LogP contribution < -0.4 is 9.22 Å². The molecule has 0 fully saturated rings. The van der Waals surface area contributed by atoms with Gasteiger partial charge in [0.2, 0.25) is 5.82 Å². The first-order valence-corrected chi connectivity index (χ1v) is 10.2. The van der Waals surface area contributed by atoms with E-state index in [1.165, 1.54) is 18.5 Å². The molecule has 0 saturated heterocycles. The van der Waals surface area contributed by atoms with E-state index in [4.69, 9.17) is 39.5 Å². The topological polar surface area (TPSA) is 64.4 Å². The predicted molar refractivity (Wildman–Crippen MR) is 122 cm³/mol. The van der Waals surface area contributed by atoms with Gasteiger partial charge in [-0.3, -0.25) is 4.48 Å². The summed E-state index contributed by atoms with van der Waals surface area (Å²) in [6.07, 6.45) is 2.35. The Kier molecular flexibility index (Phi) is 6.93. The van der Waals surface area contributed by atoms with E-state index in [-0.39, 0.29) is 21.5 Å². The quantitative estimate of drug-likeness (QED) is 0.285. The molecule has 1 aromatic heterocycles. The number of hydrogen-bond acceptors (Lipinski definition) is 5. The molecule has 0 spiro atoms. The largest absolute Gasteiger partial charge is 0.454 e. The molecule has 0 amide bonds. The summed E-state index contributed by atoms with van der Waals surface area (Å²) in [7, 11) is 4.12. The Labute approximate surface area is 189 Å². The standard InChI is InChI=1S/C21H20Cl3N4O2/c1-13-19(24)21(26-12-25-13)28(2,3)9-8-14-4-6-16(7-5-14)30-20-17(22)10-15(27-29)11-18(20)23/h4-7,10-12H,8-9H2,1-3H3/q+1. The highest BCUT2D eigenvalue weighted by molar-refractivity contribution is 6.37. The number of likely N-dealkylation sites (N-methyl/N-ethyl adjacent to an activating group) is 1. The molecule has 0 radical (unpaired) electrons. The maximum atomic E-state index is 10.7. The number of halogens is 3. The third kappa shape index (κ3) is 5.08. The molecule has 30 heavy (non-hydrogen) atoms. The van der Waals surface area contributed by atoms with Gasteiger partial charge in [0.05, 0.1) is 36.4 Å². The first kappa shape index (κ1) is 22.4. The van der Waals surface area contributed by atoms with Crippen LogP contribution in [0.5, 0.6) is 11.5 Å². The summed E-state index contributed by atoms with van der Waals surface area (Å²) in [5.74, 6) is 1.66. The van der Waals surface area contributed by atoms with E-state index in [1.807, 2.05) is 31.2 Å². The van der Waals surface area contributed by atoms with E-state index in [2.05, 4.69) is 29.2 Å². The highest BCUT2D eigenvalue weighted by Crippen LogP contribution is 2.39. The van der Waals surface area contributed by atoms with Crippen molar-refractivity contribution in [1.29, 1.82) is 0 Å². The van der Waals surface area contributed by atoms with Crippen LogP contribution in [0, 0.1) is 11.8 Å². The number of aryl methyl sites for hydroxylation is 1. The van der Waals surface area contributed by atoms with Crippen LogP contribution in [0.3, 0.4) is 0 Å². The normalized spacial score (nSPS) is 11.4. The molecule has 156 valence electrons. The van der Waals surface area contributed by atoms with Gasteiger partial charge in [0.15, 0.2) is 5.75 Å². The van der Waals surface area contributed by atoms with E-state index >= 15 is 0 Å². The van der Waals surface area contributed by atoms with Crippen molar-refractivity contribution in [1.82, 2.24) is 14.5 Å². The second-order valence-corrected chi connectivity index (χ2v) is 8.52. The maximum Gasteiger partial charge on any atom is 0.249 e. The van der Waals surface area contributed by atoms with Crippen LogP contribution in [0.4, 0.5) is 11.5 Å². The fourth-order valence-electron chi connectivity index (χ4n) is 2.92. The summed E-state index contributed by atoms with van der Waals surface area (Å²) < 4.78 is 6.32. The minimum Gasteiger partial charge on any atom is -0.454 e. The number of ether oxygens (including phenoxy) is 1. The Bertz CT molecular complexity index is 1050. The SMILES string of the molecule is Cc1ncnc([N+](C)(C)CCc2ccc(Oc3c(Cl)cc(N=O)cc3Cl)cc2)c1Cl. The number of benzene rings is 2. The van der Waals surface area contributed by atoms with E-state index in [0.29, 0.717) is 15.3 Å². The predicted octanol–water partition coefficient (Wildman–Crippen LogP) is 6.75.